The van der Waals surface area contributed by atoms with Gasteiger partial charge >= 0.3 is 5.97 Å². The number of carbonyl (C=O) groups is 2. The highest BCUT2D eigenvalue weighted by Gasteiger charge is 2.31. The summed E-state index contributed by atoms with van der Waals surface area (Å²) in [6, 6.07) is 4.60. The van der Waals surface area contributed by atoms with Crippen molar-refractivity contribution in [2.24, 2.45) is 0 Å². The van der Waals surface area contributed by atoms with Gasteiger partial charge in [0.25, 0.3) is 16.0 Å². The van der Waals surface area contributed by atoms with Gasteiger partial charge in [-0.05, 0) is 44.9 Å². The van der Waals surface area contributed by atoms with E-state index in [4.69, 9.17) is 16.3 Å². The molecule has 1 N–H and O–H groups in total. The molecule has 0 aliphatic rings. The number of ether oxygens (including phenoxy) is 1. The highest BCUT2D eigenvalue weighted by molar-refractivity contribution is 7.85. The fraction of sp³-hybridized carbons (Fsp3) is 0.500. The summed E-state index contributed by atoms with van der Waals surface area (Å²) in [6.45, 7) is 4.94. The third-order valence-corrected chi connectivity index (χ3v) is 4.14. The lowest BCUT2D eigenvalue weighted by Gasteiger charge is -2.24. The summed E-state index contributed by atoms with van der Waals surface area (Å²) in [6.07, 6.45) is 1.25. The molecule has 0 unspecified atom stereocenters. The standard InChI is InChI=1S/C16H22ClNO6S/c1-5-23-15(20)16(2,3)18-14(19)12-7-6-11(13(17)10-12)8-9-24-25(4,21)22/h6-7,10H,5,8-9H2,1-4H3,(H,18,19). The van der Waals surface area contributed by atoms with Crippen LogP contribution >= 0.6 is 11.6 Å². The Hall–Kier alpha value is -1.64. The number of nitrogens with one attached hydrogen (secondary N) is 1. The quantitative estimate of drug-likeness (QED) is 0.537. The van der Waals surface area contributed by atoms with Crippen molar-refractivity contribution in [3.05, 3.63) is 34.3 Å². The topological polar surface area (TPSA) is 98.8 Å². The lowest BCUT2D eigenvalue weighted by Crippen LogP contribution is -2.50. The lowest BCUT2D eigenvalue weighted by molar-refractivity contribution is -0.149. The summed E-state index contributed by atoms with van der Waals surface area (Å²) >= 11 is 6.13. The number of rotatable bonds is 8. The minimum Gasteiger partial charge on any atom is -0.464 e. The van der Waals surface area contributed by atoms with Gasteiger partial charge in [-0.25, -0.2) is 4.79 Å². The third-order valence-electron chi connectivity index (χ3n) is 3.20. The Bertz CT molecular complexity index is 745. The van der Waals surface area contributed by atoms with Crippen LogP contribution in [0.3, 0.4) is 0 Å². The van der Waals surface area contributed by atoms with Crippen LogP contribution in [0, 0.1) is 0 Å². The summed E-state index contributed by atoms with van der Waals surface area (Å²) in [4.78, 5) is 24.1. The van der Waals surface area contributed by atoms with Crippen molar-refractivity contribution in [3.8, 4) is 0 Å². The molecular formula is C16H22ClNO6S. The molecule has 1 amide bonds. The fourth-order valence-corrected chi connectivity index (χ4v) is 2.57. The van der Waals surface area contributed by atoms with Crippen LogP contribution in [-0.4, -0.2) is 45.3 Å². The number of carbonyl (C=O) groups excluding carboxylic acids is 2. The largest absolute Gasteiger partial charge is 0.464 e. The van der Waals surface area contributed by atoms with Gasteiger partial charge in [0, 0.05) is 10.6 Å². The first-order chi connectivity index (χ1) is 11.5. The van der Waals surface area contributed by atoms with E-state index in [-0.39, 0.29) is 25.2 Å². The summed E-state index contributed by atoms with van der Waals surface area (Å²) in [5.41, 5.74) is -0.261. The van der Waals surface area contributed by atoms with Crippen LogP contribution in [0.5, 0.6) is 0 Å². The normalized spacial score (nSPS) is 11.9. The summed E-state index contributed by atoms with van der Waals surface area (Å²) in [5, 5.41) is 2.90. The van der Waals surface area contributed by atoms with E-state index in [0.29, 0.717) is 10.6 Å². The number of amides is 1. The van der Waals surface area contributed by atoms with Crippen molar-refractivity contribution >= 4 is 33.6 Å². The Morgan fingerprint density at radius 1 is 1.28 bits per heavy atom. The van der Waals surface area contributed by atoms with Crippen LogP contribution < -0.4 is 5.32 Å². The van der Waals surface area contributed by atoms with Gasteiger partial charge in [0.15, 0.2) is 0 Å². The molecule has 0 saturated heterocycles. The van der Waals surface area contributed by atoms with Crippen molar-refractivity contribution < 1.29 is 26.9 Å². The highest BCUT2D eigenvalue weighted by Crippen LogP contribution is 2.19. The van der Waals surface area contributed by atoms with Crippen LogP contribution in [0.2, 0.25) is 5.02 Å². The molecule has 1 aromatic carbocycles. The number of halogens is 1. The molecule has 0 aliphatic carbocycles. The van der Waals surface area contributed by atoms with Crippen LogP contribution in [0.25, 0.3) is 0 Å². The molecule has 0 radical (unpaired) electrons. The summed E-state index contributed by atoms with van der Waals surface area (Å²) < 4.78 is 31.5. The zero-order chi connectivity index (χ0) is 19.3. The number of hydrogen-bond donors (Lipinski definition) is 1. The maximum absolute atomic E-state index is 12.3. The molecule has 9 heteroatoms. The second kappa shape index (κ2) is 8.64. The molecule has 0 aliphatic heterocycles. The average Bonchev–Trinajstić information content (AvgIpc) is 2.47. The third kappa shape index (κ3) is 7.01. The Kier molecular flexibility index (Phi) is 7.40. The first kappa shape index (κ1) is 21.4. The van der Waals surface area contributed by atoms with E-state index < -0.39 is 27.5 Å². The number of benzene rings is 1. The molecule has 0 atom stereocenters. The van der Waals surface area contributed by atoms with Gasteiger partial charge in [-0.1, -0.05) is 17.7 Å². The predicted octanol–water partition coefficient (Wildman–Crippen LogP) is 1.93. The van der Waals surface area contributed by atoms with E-state index in [1.165, 1.54) is 12.1 Å². The number of esters is 1. The molecule has 140 valence electrons. The van der Waals surface area contributed by atoms with Crippen LogP contribution in [0.15, 0.2) is 18.2 Å². The Morgan fingerprint density at radius 2 is 1.92 bits per heavy atom. The van der Waals surface area contributed by atoms with Crippen molar-refractivity contribution in [2.45, 2.75) is 32.7 Å². The first-order valence-corrected chi connectivity index (χ1v) is 9.78. The number of hydrogen-bond acceptors (Lipinski definition) is 6. The maximum atomic E-state index is 12.3. The molecule has 0 spiro atoms. The molecule has 1 rings (SSSR count). The zero-order valence-electron chi connectivity index (χ0n) is 14.6. The highest BCUT2D eigenvalue weighted by atomic mass is 35.5. The molecule has 7 nitrogen and oxygen atoms in total. The predicted molar refractivity (Wildman–Crippen MR) is 94.1 cm³/mol. The van der Waals surface area contributed by atoms with Gasteiger partial charge in [0.2, 0.25) is 0 Å². The fourth-order valence-electron chi connectivity index (χ4n) is 1.91. The smallest absolute Gasteiger partial charge is 0.331 e. The van der Waals surface area contributed by atoms with Crippen LogP contribution in [0.4, 0.5) is 0 Å². The second-order valence-corrected chi connectivity index (χ2v) is 7.93. The lowest BCUT2D eigenvalue weighted by atomic mass is 10.0. The van der Waals surface area contributed by atoms with E-state index in [0.717, 1.165) is 6.26 Å². The van der Waals surface area contributed by atoms with E-state index in [9.17, 15) is 18.0 Å². The van der Waals surface area contributed by atoms with Gasteiger partial charge in [0.05, 0.1) is 19.5 Å². The zero-order valence-corrected chi connectivity index (χ0v) is 16.2. The minimum absolute atomic E-state index is 0.0417. The average molecular weight is 392 g/mol. The van der Waals surface area contributed by atoms with Crippen LogP contribution in [0.1, 0.15) is 36.7 Å². The molecular weight excluding hydrogens is 370 g/mol. The minimum atomic E-state index is -3.51. The van der Waals surface area contributed by atoms with Gasteiger partial charge in [-0.3, -0.25) is 8.98 Å². The van der Waals surface area contributed by atoms with E-state index in [2.05, 4.69) is 9.50 Å². The van der Waals surface area contributed by atoms with Crippen molar-refractivity contribution in [1.29, 1.82) is 0 Å². The molecule has 1 aromatic rings. The molecule has 25 heavy (non-hydrogen) atoms. The Labute approximate surface area is 152 Å². The first-order valence-electron chi connectivity index (χ1n) is 7.59. The monoisotopic (exact) mass is 391 g/mol. The molecule has 0 saturated carbocycles. The van der Waals surface area contributed by atoms with Crippen molar-refractivity contribution in [2.75, 3.05) is 19.5 Å². The van der Waals surface area contributed by atoms with Gasteiger partial charge in [-0.15, -0.1) is 0 Å². The van der Waals surface area contributed by atoms with Gasteiger partial charge in [-0.2, -0.15) is 8.42 Å². The summed E-state index contributed by atoms with van der Waals surface area (Å²) in [5.74, 6) is -1.01. The SMILES string of the molecule is CCOC(=O)C(C)(C)NC(=O)c1ccc(CCOS(C)(=O)=O)c(Cl)c1. The van der Waals surface area contributed by atoms with Crippen molar-refractivity contribution in [1.82, 2.24) is 5.32 Å². The Balaban J connectivity index is 2.78. The summed E-state index contributed by atoms with van der Waals surface area (Å²) in [7, 11) is -3.51. The van der Waals surface area contributed by atoms with Crippen molar-refractivity contribution in [3.63, 3.8) is 0 Å². The molecule has 0 aromatic heterocycles. The van der Waals surface area contributed by atoms with E-state index >= 15 is 0 Å². The van der Waals surface area contributed by atoms with Gasteiger partial charge < -0.3 is 10.1 Å². The maximum Gasteiger partial charge on any atom is 0.331 e. The Morgan fingerprint density at radius 3 is 2.44 bits per heavy atom. The molecule has 0 bridgehead atoms. The van der Waals surface area contributed by atoms with Gasteiger partial charge in [0.1, 0.15) is 5.54 Å². The molecule has 0 fully saturated rings. The molecule has 0 heterocycles. The second-order valence-electron chi connectivity index (χ2n) is 5.88. The van der Waals surface area contributed by atoms with E-state index in [1.54, 1.807) is 26.8 Å². The van der Waals surface area contributed by atoms with E-state index in [1.807, 2.05) is 0 Å². The van der Waals surface area contributed by atoms with Crippen LogP contribution in [-0.2, 0) is 30.3 Å².